The van der Waals surface area contributed by atoms with Crippen LogP contribution in [0.5, 0.6) is 0 Å². The van der Waals surface area contributed by atoms with Crippen molar-refractivity contribution in [2.24, 2.45) is 10.7 Å². The molecule has 0 fully saturated rings. The Bertz CT molecular complexity index is 1950. The summed E-state index contributed by atoms with van der Waals surface area (Å²) in [4.78, 5) is 46.6. The maximum Gasteiger partial charge on any atom is 0.336 e. The molecule has 0 spiro atoms. The Morgan fingerprint density at radius 1 is 0.929 bits per heavy atom. The second-order valence-corrected chi connectivity index (χ2v) is 9.95. The zero-order valence-electron chi connectivity index (χ0n) is 22.5. The van der Waals surface area contributed by atoms with E-state index in [1.54, 1.807) is 78.9 Å². The highest BCUT2D eigenvalue weighted by Gasteiger charge is 2.38. The summed E-state index contributed by atoms with van der Waals surface area (Å²) in [5.41, 5.74) is 9.19. The van der Waals surface area contributed by atoms with Crippen LogP contribution in [-0.2, 0) is 11.3 Å². The van der Waals surface area contributed by atoms with E-state index >= 15 is 4.39 Å². The maximum atomic E-state index is 15.3. The Hall–Kier alpha value is -5.57. The molecule has 0 saturated carbocycles. The fourth-order valence-corrected chi connectivity index (χ4v) is 5.18. The Labute approximate surface area is 240 Å². The lowest BCUT2D eigenvalue weighted by atomic mass is 9.99. The lowest BCUT2D eigenvalue weighted by Crippen LogP contribution is -2.52. The van der Waals surface area contributed by atoms with Gasteiger partial charge in [-0.3, -0.25) is 9.69 Å². The van der Waals surface area contributed by atoms with E-state index in [1.807, 2.05) is 19.1 Å². The van der Waals surface area contributed by atoms with E-state index < -0.39 is 29.5 Å². The van der Waals surface area contributed by atoms with Crippen molar-refractivity contribution in [2.45, 2.75) is 19.6 Å². The molecule has 1 aromatic heterocycles. The van der Waals surface area contributed by atoms with Crippen molar-refractivity contribution in [3.63, 3.8) is 0 Å². The van der Waals surface area contributed by atoms with Crippen molar-refractivity contribution < 1.29 is 18.4 Å². The maximum absolute atomic E-state index is 15.3. The molecule has 5 aromatic rings. The predicted molar refractivity (Wildman–Crippen MR) is 159 cm³/mol. The molecule has 2 N–H and O–H groups in total. The number of nitrogens with two attached hydrogens (primary N) is 1. The number of nitrogens with zero attached hydrogens (tertiary/aromatic N) is 3. The van der Waals surface area contributed by atoms with E-state index in [-0.39, 0.29) is 17.8 Å². The Morgan fingerprint density at radius 3 is 2.45 bits per heavy atom. The zero-order chi connectivity index (χ0) is 29.4. The summed E-state index contributed by atoms with van der Waals surface area (Å²) in [6, 6.07) is 27.6. The van der Waals surface area contributed by atoms with Crippen LogP contribution >= 0.6 is 0 Å². The fraction of sp³-hybridized carbons (Fsp3) is 0.0909. The monoisotopic (exact) mass is 560 g/mol. The van der Waals surface area contributed by atoms with Crippen molar-refractivity contribution in [1.82, 2.24) is 0 Å². The summed E-state index contributed by atoms with van der Waals surface area (Å²) in [5.74, 6) is -1.06. The van der Waals surface area contributed by atoms with Gasteiger partial charge in [-0.1, -0.05) is 48.5 Å². The van der Waals surface area contributed by atoms with Gasteiger partial charge in [0.25, 0.3) is 5.91 Å². The number of urea groups is 1. The molecule has 0 saturated heterocycles. The Balaban J connectivity index is 1.56. The molecule has 1 aliphatic rings. The topological polar surface area (TPSA) is 109 Å². The average molecular weight is 561 g/mol. The minimum absolute atomic E-state index is 0.0852. The second kappa shape index (κ2) is 10.8. The fourth-order valence-electron chi connectivity index (χ4n) is 5.18. The molecule has 3 amide bonds. The third-order valence-electron chi connectivity index (χ3n) is 7.10. The number of halogens is 1. The molecule has 9 heteroatoms. The first-order valence-corrected chi connectivity index (χ1v) is 13.2. The van der Waals surface area contributed by atoms with Gasteiger partial charge in [-0.2, -0.15) is 0 Å². The number of carbonyl (C=O) groups is 2. The number of fused-ring (bicyclic) bond motifs is 2. The van der Waals surface area contributed by atoms with Gasteiger partial charge in [0.15, 0.2) is 0 Å². The SMILES string of the molecule is Cc1cccc(N(C(N)=O)C2N=C(c3ccccc3F)c3ccccc3N(Cc3ccc4oc(=O)ccc4c3)C2=O)c1. The number of anilines is 2. The van der Waals surface area contributed by atoms with Crippen molar-refractivity contribution >= 4 is 40.0 Å². The van der Waals surface area contributed by atoms with Gasteiger partial charge >= 0.3 is 11.7 Å². The highest BCUT2D eigenvalue weighted by Crippen LogP contribution is 2.33. The highest BCUT2D eigenvalue weighted by molar-refractivity contribution is 6.21. The minimum Gasteiger partial charge on any atom is -0.423 e. The number of aliphatic imine (C=N–C) groups is 1. The molecule has 0 bridgehead atoms. The lowest BCUT2D eigenvalue weighted by Gasteiger charge is -2.31. The molecular formula is C33H25FN4O4. The van der Waals surface area contributed by atoms with Gasteiger partial charge in [0.05, 0.1) is 17.9 Å². The van der Waals surface area contributed by atoms with Crippen molar-refractivity contribution in [3.8, 4) is 0 Å². The van der Waals surface area contributed by atoms with Gasteiger partial charge in [-0.15, -0.1) is 0 Å². The van der Waals surface area contributed by atoms with Gasteiger partial charge < -0.3 is 15.1 Å². The number of para-hydroxylation sites is 1. The van der Waals surface area contributed by atoms with Gasteiger partial charge in [-0.05, 0) is 66.6 Å². The van der Waals surface area contributed by atoms with E-state index in [4.69, 9.17) is 15.1 Å². The zero-order valence-corrected chi connectivity index (χ0v) is 22.5. The lowest BCUT2D eigenvalue weighted by molar-refractivity contribution is -0.119. The number of primary amides is 1. The molecule has 208 valence electrons. The minimum atomic E-state index is -1.44. The molecule has 0 radical (unpaired) electrons. The van der Waals surface area contributed by atoms with Gasteiger partial charge in [0.1, 0.15) is 11.4 Å². The third-order valence-corrected chi connectivity index (χ3v) is 7.10. The first kappa shape index (κ1) is 26.6. The number of amides is 3. The van der Waals surface area contributed by atoms with Crippen LogP contribution in [0.1, 0.15) is 22.3 Å². The van der Waals surface area contributed by atoms with Crippen LogP contribution in [-0.4, -0.2) is 23.8 Å². The third kappa shape index (κ3) is 4.92. The van der Waals surface area contributed by atoms with Gasteiger partial charge in [0, 0.05) is 28.3 Å². The van der Waals surface area contributed by atoms with Crippen molar-refractivity contribution in [2.75, 3.05) is 9.80 Å². The molecular weight excluding hydrogens is 535 g/mol. The first-order valence-electron chi connectivity index (χ1n) is 13.2. The van der Waals surface area contributed by atoms with Crippen LogP contribution in [0.4, 0.5) is 20.6 Å². The van der Waals surface area contributed by atoms with E-state index in [0.717, 1.165) is 16.0 Å². The van der Waals surface area contributed by atoms with E-state index in [2.05, 4.69) is 0 Å². The molecule has 2 heterocycles. The largest absolute Gasteiger partial charge is 0.423 e. The quantitative estimate of drug-likeness (QED) is 0.285. The highest BCUT2D eigenvalue weighted by atomic mass is 19.1. The summed E-state index contributed by atoms with van der Waals surface area (Å²) in [7, 11) is 0. The van der Waals surface area contributed by atoms with Crippen LogP contribution in [0, 0.1) is 12.7 Å². The number of rotatable bonds is 5. The summed E-state index contributed by atoms with van der Waals surface area (Å²) in [6.07, 6.45) is -1.44. The predicted octanol–water partition coefficient (Wildman–Crippen LogP) is 5.54. The van der Waals surface area contributed by atoms with Crippen molar-refractivity contribution in [3.05, 3.63) is 142 Å². The molecule has 6 rings (SSSR count). The molecule has 8 nitrogen and oxygen atoms in total. The van der Waals surface area contributed by atoms with E-state index in [0.29, 0.717) is 27.9 Å². The molecule has 4 aromatic carbocycles. The summed E-state index contributed by atoms with van der Waals surface area (Å²) >= 11 is 0. The molecule has 0 aliphatic carbocycles. The molecule has 1 unspecified atom stereocenters. The summed E-state index contributed by atoms with van der Waals surface area (Å²) in [5, 5.41) is 0.682. The van der Waals surface area contributed by atoms with Crippen molar-refractivity contribution in [1.29, 1.82) is 0 Å². The van der Waals surface area contributed by atoms with Crippen LogP contribution in [0.25, 0.3) is 11.0 Å². The number of hydrogen-bond acceptors (Lipinski definition) is 5. The smallest absolute Gasteiger partial charge is 0.336 e. The van der Waals surface area contributed by atoms with Crippen LogP contribution in [0.15, 0.2) is 117 Å². The van der Waals surface area contributed by atoms with Crippen LogP contribution in [0.3, 0.4) is 0 Å². The van der Waals surface area contributed by atoms with Gasteiger partial charge in [0.2, 0.25) is 6.17 Å². The van der Waals surface area contributed by atoms with Gasteiger partial charge in [-0.25, -0.2) is 19.0 Å². The number of aryl methyl sites for hydroxylation is 1. The number of hydrogen-bond donors (Lipinski definition) is 1. The number of benzene rings is 4. The molecule has 42 heavy (non-hydrogen) atoms. The van der Waals surface area contributed by atoms with Crippen LogP contribution in [0.2, 0.25) is 0 Å². The van der Waals surface area contributed by atoms with E-state index in [1.165, 1.54) is 17.0 Å². The molecule has 1 atom stereocenters. The average Bonchev–Trinajstić information content (AvgIpc) is 3.08. The normalized spacial score (nSPS) is 14.7. The molecule has 1 aliphatic heterocycles. The Kier molecular flexibility index (Phi) is 6.84. The van der Waals surface area contributed by atoms with E-state index in [9.17, 15) is 14.4 Å². The summed E-state index contributed by atoms with van der Waals surface area (Å²) < 4.78 is 20.5. The van der Waals surface area contributed by atoms with Crippen LogP contribution < -0.4 is 21.2 Å². The summed E-state index contributed by atoms with van der Waals surface area (Å²) in [6.45, 7) is 1.94. The first-order chi connectivity index (χ1) is 20.3. The number of carbonyl (C=O) groups excluding carboxylic acids is 2. The Morgan fingerprint density at radius 2 is 1.69 bits per heavy atom. The standard InChI is InChI=1S/C33H25FN4O4/c1-20-7-6-8-23(17-20)38(33(35)41)31-32(40)37(19-21-13-15-28-22(18-21)14-16-29(39)42-28)27-12-5-3-10-25(27)30(36-31)24-9-2-4-11-26(24)34/h2-18,31H,19H2,1H3,(H2,35,41). The second-order valence-electron chi connectivity index (χ2n) is 9.95. The number of benzodiazepines with no additional fused rings is 1.